The van der Waals surface area contributed by atoms with Gasteiger partial charge in [0, 0.05) is 13.2 Å². The Balaban J connectivity index is 1.68. The topological polar surface area (TPSA) is 46.9 Å². The molecule has 4 nitrogen and oxygen atoms in total. The molecule has 4 rings (SSSR count). The number of alkyl halides is 2. The van der Waals surface area contributed by atoms with Gasteiger partial charge in [-0.1, -0.05) is 24.3 Å². The van der Waals surface area contributed by atoms with Crippen molar-refractivity contribution in [2.24, 2.45) is 7.05 Å². The molecule has 2 bridgehead atoms. The number of hydrogen-bond donors (Lipinski definition) is 1. The first-order chi connectivity index (χ1) is 11.0. The van der Waals surface area contributed by atoms with Gasteiger partial charge in [0.2, 0.25) is 0 Å². The lowest BCUT2D eigenvalue weighted by Gasteiger charge is -2.30. The third-order valence-corrected chi connectivity index (χ3v) is 5.09. The van der Waals surface area contributed by atoms with Crippen LogP contribution in [0.2, 0.25) is 0 Å². The van der Waals surface area contributed by atoms with Gasteiger partial charge in [-0.2, -0.15) is 5.10 Å². The highest BCUT2D eigenvalue weighted by Crippen LogP contribution is 2.55. The molecular weight excluding hydrogens is 300 g/mol. The molecule has 1 N–H and O–H groups in total. The van der Waals surface area contributed by atoms with E-state index < -0.39 is 23.6 Å². The summed E-state index contributed by atoms with van der Waals surface area (Å²) in [6.45, 7) is 0. The summed E-state index contributed by atoms with van der Waals surface area (Å²) in [6, 6.07) is 8.10. The van der Waals surface area contributed by atoms with Gasteiger partial charge in [-0.15, -0.1) is 0 Å². The molecule has 1 heterocycles. The molecule has 6 heteroatoms. The van der Waals surface area contributed by atoms with Crippen LogP contribution in [0, 0.1) is 0 Å². The number of halogens is 2. The zero-order chi connectivity index (χ0) is 16.2. The number of amides is 1. The number of aryl methyl sites for hydroxylation is 1. The molecule has 0 aliphatic heterocycles. The van der Waals surface area contributed by atoms with Crippen LogP contribution in [0.1, 0.15) is 58.8 Å². The first-order valence-corrected chi connectivity index (χ1v) is 7.74. The maximum absolute atomic E-state index is 13.1. The minimum absolute atomic E-state index is 0.0373. The van der Waals surface area contributed by atoms with E-state index in [1.165, 1.54) is 23.5 Å². The van der Waals surface area contributed by atoms with Crippen LogP contribution in [0.4, 0.5) is 8.78 Å². The second-order valence-electron chi connectivity index (χ2n) is 6.47. The number of benzene rings is 1. The summed E-state index contributed by atoms with van der Waals surface area (Å²) in [7, 11) is 1.54. The van der Waals surface area contributed by atoms with Crippen LogP contribution >= 0.6 is 0 Å². The summed E-state index contributed by atoms with van der Waals surface area (Å²) >= 11 is 0. The van der Waals surface area contributed by atoms with Gasteiger partial charge in [-0.05, 0) is 36.3 Å². The van der Waals surface area contributed by atoms with Crippen molar-refractivity contribution >= 4 is 5.91 Å². The molecule has 2 unspecified atom stereocenters. The van der Waals surface area contributed by atoms with E-state index in [9.17, 15) is 13.6 Å². The van der Waals surface area contributed by atoms with Gasteiger partial charge in [0.1, 0.15) is 5.69 Å². The average molecular weight is 317 g/mol. The van der Waals surface area contributed by atoms with E-state index in [2.05, 4.69) is 16.5 Å². The number of carbonyl (C=O) groups is 1. The number of rotatable bonds is 3. The summed E-state index contributed by atoms with van der Waals surface area (Å²) in [4.78, 5) is 12.6. The molecule has 2 aliphatic carbocycles. The lowest BCUT2D eigenvalue weighted by Crippen LogP contribution is -2.43. The lowest BCUT2D eigenvalue weighted by molar-refractivity contribution is 0.0886. The summed E-state index contributed by atoms with van der Waals surface area (Å²) in [5.41, 5.74) is 1.49. The van der Waals surface area contributed by atoms with Crippen molar-refractivity contribution in [3.63, 3.8) is 0 Å². The van der Waals surface area contributed by atoms with Crippen molar-refractivity contribution in [3.8, 4) is 0 Å². The van der Waals surface area contributed by atoms with E-state index in [0.29, 0.717) is 5.92 Å². The molecule has 2 aliphatic rings. The maximum atomic E-state index is 13.1. The average Bonchev–Trinajstić information content (AvgIpc) is 3.19. The highest BCUT2D eigenvalue weighted by Gasteiger charge is 2.50. The van der Waals surface area contributed by atoms with Crippen LogP contribution < -0.4 is 5.32 Å². The van der Waals surface area contributed by atoms with Gasteiger partial charge in [0.05, 0.1) is 11.1 Å². The van der Waals surface area contributed by atoms with Crippen molar-refractivity contribution in [1.82, 2.24) is 15.1 Å². The van der Waals surface area contributed by atoms with Crippen molar-refractivity contribution in [2.75, 3.05) is 0 Å². The predicted molar refractivity (Wildman–Crippen MR) is 80.3 cm³/mol. The monoisotopic (exact) mass is 317 g/mol. The highest BCUT2D eigenvalue weighted by atomic mass is 19.3. The molecule has 2 aromatic rings. The van der Waals surface area contributed by atoms with E-state index in [-0.39, 0.29) is 5.56 Å². The van der Waals surface area contributed by atoms with Gasteiger partial charge in [0.25, 0.3) is 12.3 Å². The van der Waals surface area contributed by atoms with Crippen LogP contribution in [0.15, 0.2) is 30.5 Å². The standard InChI is InChI=1S/C17H17F2N3O/c1-22-9-12(14(21-22)15(18)19)16(23)20-17-7-6-10(8-17)11-4-2-3-5-13(11)17/h2-5,9-10,15H,6-8H2,1H3,(H,20,23). The minimum atomic E-state index is -2.76. The molecule has 0 radical (unpaired) electrons. The first-order valence-electron chi connectivity index (χ1n) is 7.74. The molecule has 1 amide bonds. The van der Waals surface area contributed by atoms with Gasteiger partial charge in [0.15, 0.2) is 0 Å². The molecule has 0 spiro atoms. The number of nitrogens with zero attached hydrogens (tertiary/aromatic N) is 2. The first kappa shape index (κ1) is 14.4. The molecule has 1 aromatic carbocycles. The molecular formula is C17H17F2N3O. The number of aromatic nitrogens is 2. The van der Waals surface area contributed by atoms with Gasteiger partial charge in [-0.25, -0.2) is 8.78 Å². The summed E-state index contributed by atoms with van der Waals surface area (Å²) < 4.78 is 27.4. The summed E-state index contributed by atoms with van der Waals surface area (Å²) in [6.07, 6.45) is 1.32. The van der Waals surface area contributed by atoms with Crippen LogP contribution in [0.3, 0.4) is 0 Å². The number of carbonyl (C=O) groups excluding carboxylic acids is 1. The van der Waals surface area contributed by atoms with Crippen molar-refractivity contribution in [3.05, 3.63) is 52.8 Å². The van der Waals surface area contributed by atoms with E-state index in [4.69, 9.17) is 0 Å². The second kappa shape index (κ2) is 4.88. The molecule has 23 heavy (non-hydrogen) atoms. The molecule has 1 aromatic heterocycles. The van der Waals surface area contributed by atoms with E-state index >= 15 is 0 Å². The Morgan fingerprint density at radius 1 is 1.43 bits per heavy atom. The molecule has 120 valence electrons. The van der Waals surface area contributed by atoms with Gasteiger partial charge < -0.3 is 5.32 Å². The normalized spacial score (nSPS) is 25.0. The fraction of sp³-hybridized carbons (Fsp3) is 0.412. The van der Waals surface area contributed by atoms with Gasteiger partial charge in [-0.3, -0.25) is 9.48 Å². The summed E-state index contributed by atoms with van der Waals surface area (Å²) in [5.74, 6) is -0.0132. The third-order valence-electron chi connectivity index (χ3n) is 5.09. The maximum Gasteiger partial charge on any atom is 0.282 e. The van der Waals surface area contributed by atoms with Crippen molar-refractivity contribution in [2.45, 2.75) is 37.1 Å². The van der Waals surface area contributed by atoms with Crippen molar-refractivity contribution in [1.29, 1.82) is 0 Å². The quantitative estimate of drug-likeness (QED) is 0.944. The zero-order valence-electron chi connectivity index (χ0n) is 12.7. The number of hydrogen-bond acceptors (Lipinski definition) is 2. The van der Waals surface area contributed by atoms with E-state index in [1.54, 1.807) is 0 Å². The zero-order valence-corrected chi connectivity index (χ0v) is 12.7. The Labute approximate surface area is 132 Å². The molecule has 1 saturated carbocycles. The van der Waals surface area contributed by atoms with Gasteiger partial charge >= 0.3 is 0 Å². The third kappa shape index (κ3) is 2.08. The fourth-order valence-electron chi connectivity index (χ4n) is 4.15. The Kier molecular flexibility index (Phi) is 3.04. The molecule has 1 fully saturated rings. The lowest BCUT2D eigenvalue weighted by atomic mass is 9.86. The molecule has 0 saturated heterocycles. The van der Waals surface area contributed by atoms with Crippen LogP contribution in [0.5, 0.6) is 0 Å². The predicted octanol–water partition coefficient (Wildman–Crippen LogP) is 3.26. The minimum Gasteiger partial charge on any atom is -0.342 e. The smallest absolute Gasteiger partial charge is 0.282 e. The van der Waals surface area contributed by atoms with Crippen LogP contribution in [-0.4, -0.2) is 15.7 Å². The number of fused-ring (bicyclic) bond motifs is 5. The van der Waals surface area contributed by atoms with E-state index in [0.717, 1.165) is 24.8 Å². The largest absolute Gasteiger partial charge is 0.342 e. The highest BCUT2D eigenvalue weighted by molar-refractivity contribution is 5.96. The fourth-order valence-corrected chi connectivity index (χ4v) is 4.15. The van der Waals surface area contributed by atoms with Crippen LogP contribution in [0.25, 0.3) is 0 Å². The number of nitrogens with one attached hydrogen (secondary N) is 1. The Bertz CT molecular complexity index is 786. The Hall–Kier alpha value is -2.24. The Morgan fingerprint density at radius 3 is 3.00 bits per heavy atom. The molecule has 2 atom stereocenters. The summed E-state index contributed by atoms with van der Waals surface area (Å²) in [5, 5.41) is 6.75. The van der Waals surface area contributed by atoms with E-state index in [1.807, 2.05) is 18.2 Å². The SMILES string of the molecule is Cn1cc(C(=O)NC23CCC(C2)c2ccccc23)c(C(F)F)n1. The Morgan fingerprint density at radius 2 is 2.22 bits per heavy atom. The van der Waals surface area contributed by atoms with Crippen LogP contribution in [-0.2, 0) is 12.6 Å². The second-order valence-corrected chi connectivity index (χ2v) is 6.47. The van der Waals surface area contributed by atoms with Crippen molar-refractivity contribution < 1.29 is 13.6 Å².